The molecule has 2 aliphatic rings. The molecule has 6 heteroatoms. The number of hydrogen-bond donors (Lipinski definition) is 0. The number of benzene rings is 2. The maximum absolute atomic E-state index is 9.94. The average molecular weight is 420 g/mol. The predicted octanol–water partition coefficient (Wildman–Crippen LogP) is 3.71. The quantitative estimate of drug-likeness (QED) is 0.682. The Bertz CT molecular complexity index is 1010. The number of hydrogen-bond acceptors (Lipinski definition) is 6. The summed E-state index contributed by atoms with van der Waals surface area (Å²) in [6.07, 6.45) is 1.86. The van der Waals surface area contributed by atoms with Crippen LogP contribution in [0, 0.1) is 11.3 Å². The minimum Gasteiger partial charge on any atom is -0.494 e. The van der Waals surface area contributed by atoms with Crippen LogP contribution in [-0.4, -0.2) is 56.9 Å². The summed E-state index contributed by atoms with van der Waals surface area (Å²) in [5.41, 5.74) is 5.43. The van der Waals surface area contributed by atoms with E-state index in [1.165, 1.54) is 11.1 Å². The molecule has 0 saturated carbocycles. The number of fused-ring (bicyclic) bond motifs is 3. The average Bonchev–Trinajstić information content (AvgIpc) is 2.82. The molecule has 2 aliphatic heterocycles. The van der Waals surface area contributed by atoms with E-state index in [0.717, 1.165) is 60.9 Å². The number of rotatable bonds is 7. The van der Waals surface area contributed by atoms with Crippen LogP contribution in [0.4, 0.5) is 0 Å². The van der Waals surface area contributed by atoms with Gasteiger partial charge in [0.15, 0.2) is 11.5 Å². The molecule has 0 spiro atoms. The molecule has 2 aromatic rings. The standard InChI is InChI=1S/C25H29N3O3/c1-4-31-21-7-5-18(6-8-21)9-11-27-16-20(15-26)25-22-14-24(30-3)23(29-2)13-19(22)10-12-28(25)17-27/h5-8,13-14H,4,9-12,16-17H2,1-3H3. The van der Waals surface area contributed by atoms with Crippen molar-refractivity contribution in [2.75, 3.05) is 47.1 Å². The smallest absolute Gasteiger partial charge is 0.161 e. The van der Waals surface area contributed by atoms with Gasteiger partial charge in [-0.05, 0) is 55.2 Å². The Morgan fingerprint density at radius 2 is 1.81 bits per heavy atom. The van der Waals surface area contributed by atoms with Crippen LogP contribution in [0.15, 0.2) is 42.0 Å². The molecule has 162 valence electrons. The van der Waals surface area contributed by atoms with E-state index in [2.05, 4.69) is 28.0 Å². The molecule has 2 aromatic carbocycles. The van der Waals surface area contributed by atoms with Crippen molar-refractivity contribution in [1.82, 2.24) is 9.80 Å². The van der Waals surface area contributed by atoms with Gasteiger partial charge in [0.1, 0.15) is 5.75 Å². The summed E-state index contributed by atoms with van der Waals surface area (Å²) >= 11 is 0. The Hall–Kier alpha value is -3.17. The van der Waals surface area contributed by atoms with Gasteiger partial charge in [0.05, 0.1) is 44.8 Å². The Balaban J connectivity index is 1.53. The lowest BCUT2D eigenvalue weighted by Gasteiger charge is -2.42. The second-order valence-corrected chi connectivity index (χ2v) is 7.84. The first-order valence-electron chi connectivity index (χ1n) is 10.7. The monoisotopic (exact) mass is 419 g/mol. The summed E-state index contributed by atoms with van der Waals surface area (Å²) in [5.74, 6) is 2.34. The molecule has 0 N–H and O–H groups in total. The molecule has 2 heterocycles. The molecule has 0 bridgehead atoms. The molecule has 0 fully saturated rings. The lowest BCUT2D eigenvalue weighted by Crippen LogP contribution is -2.46. The zero-order valence-corrected chi connectivity index (χ0v) is 18.5. The van der Waals surface area contributed by atoms with Crippen molar-refractivity contribution in [3.8, 4) is 23.3 Å². The first kappa shape index (κ1) is 21.1. The van der Waals surface area contributed by atoms with E-state index in [9.17, 15) is 5.26 Å². The van der Waals surface area contributed by atoms with Gasteiger partial charge in [-0.25, -0.2) is 0 Å². The topological polar surface area (TPSA) is 58.0 Å². The molecule has 6 nitrogen and oxygen atoms in total. The first-order valence-corrected chi connectivity index (χ1v) is 10.7. The van der Waals surface area contributed by atoms with Crippen molar-refractivity contribution in [3.63, 3.8) is 0 Å². The van der Waals surface area contributed by atoms with Crippen LogP contribution in [0.2, 0.25) is 0 Å². The predicted molar refractivity (Wildman–Crippen MR) is 120 cm³/mol. The van der Waals surface area contributed by atoms with E-state index in [-0.39, 0.29) is 0 Å². The molecule has 0 amide bonds. The molecule has 0 aromatic heterocycles. The summed E-state index contributed by atoms with van der Waals surface area (Å²) < 4.78 is 16.5. The van der Waals surface area contributed by atoms with Crippen molar-refractivity contribution in [2.45, 2.75) is 19.8 Å². The number of nitriles is 1. The fourth-order valence-electron chi connectivity index (χ4n) is 4.41. The number of methoxy groups -OCH3 is 2. The summed E-state index contributed by atoms with van der Waals surface area (Å²) in [5, 5.41) is 9.94. The van der Waals surface area contributed by atoms with Gasteiger partial charge in [-0.1, -0.05) is 12.1 Å². The van der Waals surface area contributed by atoms with E-state index in [4.69, 9.17) is 14.2 Å². The van der Waals surface area contributed by atoms with Crippen molar-refractivity contribution >= 4 is 5.70 Å². The Morgan fingerprint density at radius 3 is 2.48 bits per heavy atom. The highest BCUT2D eigenvalue weighted by Gasteiger charge is 2.31. The molecular weight excluding hydrogens is 390 g/mol. The van der Waals surface area contributed by atoms with Gasteiger partial charge in [-0.3, -0.25) is 4.90 Å². The van der Waals surface area contributed by atoms with E-state index >= 15 is 0 Å². The second kappa shape index (κ2) is 9.32. The van der Waals surface area contributed by atoms with E-state index in [1.54, 1.807) is 14.2 Å². The molecule has 0 saturated heterocycles. The van der Waals surface area contributed by atoms with Crippen LogP contribution < -0.4 is 14.2 Å². The molecule has 0 aliphatic carbocycles. The summed E-state index contributed by atoms with van der Waals surface area (Å²) in [6, 6.07) is 14.8. The maximum atomic E-state index is 9.94. The van der Waals surface area contributed by atoms with Gasteiger partial charge in [-0.2, -0.15) is 5.26 Å². The second-order valence-electron chi connectivity index (χ2n) is 7.84. The minimum absolute atomic E-state index is 0.660. The Labute approximate surface area is 184 Å². The number of ether oxygens (including phenoxy) is 3. The lowest BCUT2D eigenvalue weighted by molar-refractivity contribution is 0.176. The summed E-state index contributed by atoms with van der Waals surface area (Å²) in [7, 11) is 3.30. The van der Waals surface area contributed by atoms with Crippen LogP contribution in [-0.2, 0) is 12.8 Å². The third-order valence-corrected chi connectivity index (χ3v) is 5.96. The highest BCUT2D eigenvalue weighted by molar-refractivity contribution is 5.77. The normalized spacial score (nSPS) is 15.7. The van der Waals surface area contributed by atoms with Gasteiger partial charge in [0, 0.05) is 25.2 Å². The third kappa shape index (κ3) is 4.33. The fourth-order valence-corrected chi connectivity index (χ4v) is 4.41. The SMILES string of the molecule is CCOc1ccc(CCN2CC(C#N)=C3c4cc(OC)c(OC)cc4CCN3C2)cc1. The largest absolute Gasteiger partial charge is 0.494 e. The fraction of sp³-hybridized carbons (Fsp3) is 0.400. The van der Waals surface area contributed by atoms with Gasteiger partial charge >= 0.3 is 0 Å². The van der Waals surface area contributed by atoms with Crippen LogP contribution in [0.3, 0.4) is 0 Å². The van der Waals surface area contributed by atoms with Crippen LogP contribution in [0.1, 0.15) is 23.6 Å². The highest BCUT2D eigenvalue weighted by atomic mass is 16.5. The third-order valence-electron chi connectivity index (χ3n) is 5.96. The van der Waals surface area contributed by atoms with E-state index < -0.39 is 0 Å². The van der Waals surface area contributed by atoms with Gasteiger partial charge in [0.25, 0.3) is 0 Å². The summed E-state index contributed by atoms with van der Waals surface area (Å²) in [4.78, 5) is 4.68. The molecule has 0 atom stereocenters. The van der Waals surface area contributed by atoms with Crippen molar-refractivity contribution in [2.24, 2.45) is 0 Å². The van der Waals surface area contributed by atoms with Gasteiger partial charge in [0.2, 0.25) is 0 Å². The zero-order valence-electron chi connectivity index (χ0n) is 18.5. The molecule has 0 radical (unpaired) electrons. The Morgan fingerprint density at radius 1 is 1.06 bits per heavy atom. The first-order chi connectivity index (χ1) is 15.2. The Kier molecular flexibility index (Phi) is 6.34. The number of nitrogens with zero attached hydrogens (tertiary/aromatic N) is 3. The van der Waals surface area contributed by atoms with Crippen molar-refractivity contribution < 1.29 is 14.2 Å². The lowest BCUT2D eigenvalue weighted by atomic mass is 9.92. The minimum atomic E-state index is 0.660. The van der Waals surface area contributed by atoms with E-state index in [1.807, 2.05) is 31.2 Å². The zero-order chi connectivity index (χ0) is 21.8. The maximum Gasteiger partial charge on any atom is 0.161 e. The summed E-state index contributed by atoms with van der Waals surface area (Å²) in [6.45, 7) is 5.95. The highest BCUT2D eigenvalue weighted by Crippen LogP contribution is 2.40. The van der Waals surface area contributed by atoms with Crippen LogP contribution in [0.5, 0.6) is 17.2 Å². The van der Waals surface area contributed by atoms with Crippen molar-refractivity contribution in [3.05, 3.63) is 58.7 Å². The van der Waals surface area contributed by atoms with E-state index in [0.29, 0.717) is 18.9 Å². The van der Waals surface area contributed by atoms with Gasteiger partial charge in [-0.15, -0.1) is 0 Å². The molecule has 31 heavy (non-hydrogen) atoms. The van der Waals surface area contributed by atoms with Crippen molar-refractivity contribution in [1.29, 1.82) is 5.26 Å². The van der Waals surface area contributed by atoms with Crippen LogP contribution in [0.25, 0.3) is 5.70 Å². The molecule has 0 unspecified atom stereocenters. The van der Waals surface area contributed by atoms with Crippen LogP contribution >= 0.6 is 0 Å². The molecular formula is C25H29N3O3. The molecule has 4 rings (SSSR count). The van der Waals surface area contributed by atoms with Gasteiger partial charge < -0.3 is 19.1 Å².